The molecule has 3 unspecified atom stereocenters. The number of nitrogens with one attached hydrogen (secondary N) is 1. The van der Waals surface area contributed by atoms with Crippen LogP contribution in [0.4, 0.5) is 0 Å². The molecule has 3 atom stereocenters. The minimum absolute atomic E-state index is 0.0676. The van der Waals surface area contributed by atoms with Gasteiger partial charge >= 0.3 is 0 Å². The topological polar surface area (TPSA) is 15.3 Å². The Morgan fingerprint density at radius 3 is 2.48 bits per heavy atom. The summed E-state index contributed by atoms with van der Waals surface area (Å²) in [5, 5.41) is 3.81. The van der Waals surface area contributed by atoms with Crippen LogP contribution in [0.2, 0.25) is 0 Å². The summed E-state index contributed by atoms with van der Waals surface area (Å²) in [4.78, 5) is 2.74. The molecule has 2 rings (SSSR count). The van der Waals surface area contributed by atoms with E-state index in [1.165, 1.54) is 18.4 Å². The summed E-state index contributed by atoms with van der Waals surface area (Å²) in [5.74, 6) is 0.760. The maximum Gasteiger partial charge on any atom is 0.0535 e. The van der Waals surface area contributed by atoms with Crippen molar-refractivity contribution < 1.29 is 0 Å². The third-order valence-corrected chi connectivity index (χ3v) is 4.96. The second-order valence-corrected chi connectivity index (χ2v) is 7.29. The summed E-state index contributed by atoms with van der Waals surface area (Å²) in [5.41, 5.74) is 1.47. The monoisotopic (exact) mass is 288 g/mol. The minimum atomic E-state index is 0.0676. The molecule has 2 heteroatoms. The number of piperazine rings is 1. The lowest BCUT2D eigenvalue weighted by atomic mass is 9.86. The number of nitrogens with zero attached hydrogens (tertiary/aromatic N) is 1. The van der Waals surface area contributed by atoms with Crippen LogP contribution in [0.15, 0.2) is 30.3 Å². The van der Waals surface area contributed by atoms with Crippen LogP contribution >= 0.6 is 0 Å². The predicted octanol–water partition coefficient (Wildman–Crippen LogP) is 4.02. The Labute approximate surface area is 130 Å². The molecule has 1 heterocycles. The van der Waals surface area contributed by atoms with E-state index in [1.807, 2.05) is 0 Å². The molecular weight excluding hydrogens is 256 g/mol. The van der Waals surface area contributed by atoms with Gasteiger partial charge < -0.3 is 5.32 Å². The lowest BCUT2D eigenvalue weighted by Gasteiger charge is -2.49. The van der Waals surface area contributed by atoms with E-state index in [0.29, 0.717) is 12.1 Å². The van der Waals surface area contributed by atoms with Crippen LogP contribution in [0, 0.1) is 5.92 Å². The van der Waals surface area contributed by atoms with Crippen LogP contribution in [0.5, 0.6) is 0 Å². The Bertz CT molecular complexity index is 428. The first-order chi connectivity index (χ1) is 9.96. The first-order valence-corrected chi connectivity index (χ1v) is 8.52. The second kappa shape index (κ2) is 6.93. The van der Waals surface area contributed by atoms with Gasteiger partial charge in [0.05, 0.1) is 5.54 Å². The second-order valence-electron chi connectivity index (χ2n) is 7.29. The van der Waals surface area contributed by atoms with Gasteiger partial charge in [-0.25, -0.2) is 0 Å². The molecule has 1 N–H and O–H groups in total. The SMILES string of the molecule is CCC1CNC(C)(c2ccccc2)CN1C(C)CC(C)C. The fourth-order valence-corrected chi connectivity index (χ4v) is 3.72. The Morgan fingerprint density at radius 2 is 1.90 bits per heavy atom. The molecule has 118 valence electrons. The highest BCUT2D eigenvalue weighted by Crippen LogP contribution is 2.29. The number of rotatable bonds is 5. The van der Waals surface area contributed by atoms with Crippen molar-refractivity contribution in [3.8, 4) is 0 Å². The van der Waals surface area contributed by atoms with E-state index in [1.54, 1.807) is 0 Å². The van der Waals surface area contributed by atoms with Crippen molar-refractivity contribution in [2.24, 2.45) is 5.92 Å². The summed E-state index contributed by atoms with van der Waals surface area (Å²) in [6.45, 7) is 13.9. The van der Waals surface area contributed by atoms with Gasteiger partial charge in [-0.2, -0.15) is 0 Å². The normalized spacial score (nSPS) is 28.8. The van der Waals surface area contributed by atoms with Crippen molar-refractivity contribution in [1.82, 2.24) is 10.2 Å². The largest absolute Gasteiger partial charge is 0.305 e. The molecule has 0 saturated carbocycles. The van der Waals surface area contributed by atoms with Gasteiger partial charge in [-0.1, -0.05) is 51.1 Å². The van der Waals surface area contributed by atoms with Crippen LogP contribution in [0.3, 0.4) is 0 Å². The summed E-state index contributed by atoms with van der Waals surface area (Å²) in [6, 6.07) is 12.2. The third kappa shape index (κ3) is 3.87. The van der Waals surface area contributed by atoms with Crippen molar-refractivity contribution in [3.05, 3.63) is 35.9 Å². The first-order valence-electron chi connectivity index (χ1n) is 8.52. The molecule has 1 fully saturated rings. The number of benzene rings is 1. The van der Waals surface area contributed by atoms with Crippen molar-refractivity contribution >= 4 is 0 Å². The first kappa shape index (κ1) is 16.5. The highest BCUT2D eigenvalue weighted by molar-refractivity contribution is 5.25. The fourth-order valence-electron chi connectivity index (χ4n) is 3.72. The molecule has 21 heavy (non-hydrogen) atoms. The van der Waals surface area contributed by atoms with E-state index < -0.39 is 0 Å². The van der Waals surface area contributed by atoms with Gasteiger partial charge in [-0.3, -0.25) is 4.90 Å². The van der Waals surface area contributed by atoms with Crippen molar-refractivity contribution in [2.75, 3.05) is 13.1 Å². The lowest BCUT2D eigenvalue weighted by molar-refractivity contribution is 0.0427. The molecule has 1 aromatic rings. The average molecular weight is 288 g/mol. The standard InChI is InChI=1S/C19H32N2/c1-6-18-13-20-19(5,17-10-8-7-9-11-17)14-21(18)16(4)12-15(2)3/h7-11,15-16,18,20H,6,12-14H2,1-5H3. The van der Waals surface area contributed by atoms with Crippen molar-refractivity contribution in [1.29, 1.82) is 0 Å². The smallest absolute Gasteiger partial charge is 0.0535 e. The molecule has 0 amide bonds. The van der Waals surface area contributed by atoms with Crippen LogP contribution < -0.4 is 5.32 Å². The van der Waals surface area contributed by atoms with E-state index in [0.717, 1.165) is 19.0 Å². The summed E-state index contributed by atoms with van der Waals surface area (Å²) >= 11 is 0. The van der Waals surface area contributed by atoms with Crippen molar-refractivity contribution in [3.63, 3.8) is 0 Å². The lowest BCUT2D eigenvalue weighted by Crippen LogP contribution is -2.63. The maximum absolute atomic E-state index is 3.81. The Kier molecular flexibility index (Phi) is 5.45. The molecule has 1 aliphatic heterocycles. The molecule has 0 bridgehead atoms. The van der Waals surface area contributed by atoms with Crippen LogP contribution in [0.1, 0.15) is 53.0 Å². The summed E-state index contributed by atoms with van der Waals surface area (Å²) in [7, 11) is 0. The predicted molar refractivity (Wildman–Crippen MR) is 91.5 cm³/mol. The fraction of sp³-hybridized carbons (Fsp3) is 0.684. The van der Waals surface area contributed by atoms with Gasteiger partial charge in [0.25, 0.3) is 0 Å². The zero-order valence-electron chi connectivity index (χ0n) is 14.4. The van der Waals surface area contributed by atoms with Gasteiger partial charge in [0, 0.05) is 25.2 Å². The maximum atomic E-state index is 3.81. The van der Waals surface area contributed by atoms with Crippen LogP contribution in [0.25, 0.3) is 0 Å². The van der Waals surface area contributed by atoms with Gasteiger partial charge in [-0.15, -0.1) is 0 Å². The van der Waals surface area contributed by atoms with Crippen LogP contribution in [-0.2, 0) is 5.54 Å². The van der Waals surface area contributed by atoms with Crippen molar-refractivity contribution in [2.45, 2.75) is 65.1 Å². The van der Waals surface area contributed by atoms with Gasteiger partial charge in [0.2, 0.25) is 0 Å². The van der Waals surface area contributed by atoms with E-state index in [4.69, 9.17) is 0 Å². The zero-order chi connectivity index (χ0) is 15.5. The van der Waals surface area contributed by atoms with E-state index in [2.05, 4.69) is 75.2 Å². The Balaban J connectivity index is 2.18. The molecular formula is C19H32N2. The number of hydrogen-bond donors (Lipinski definition) is 1. The van der Waals surface area contributed by atoms with E-state index in [-0.39, 0.29) is 5.54 Å². The molecule has 0 aliphatic carbocycles. The van der Waals surface area contributed by atoms with E-state index >= 15 is 0 Å². The highest BCUT2D eigenvalue weighted by atomic mass is 15.3. The molecule has 1 aliphatic rings. The molecule has 1 saturated heterocycles. The molecule has 1 aromatic carbocycles. The highest BCUT2D eigenvalue weighted by Gasteiger charge is 2.38. The Morgan fingerprint density at radius 1 is 1.24 bits per heavy atom. The molecule has 0 aromatic heterocycles. The summed E-state index contributed by atoms with van der Waals surface area (Å²) in [6.07, 6.45) is 2.50. The van der Waals surface area contributed by atoms with Gasteiger partial charge in [-0.05, 0) is 38.2 Å². The zero-order valence-corrected chi connectivity index (χ0v) is 14.4. The third-order valence-electron chi connectivity index (χ3n) is 4.96. The summed E-state index contributed by atoms with van der Waals surface area (Å²) < 4.78 is 0. The quantitative estimate of drug-likeness (QED) is 0.880. The minimum Gasteiger partial charge on any atom is -0.305 e. The van der Waals surface area contributed by atoms with Gasteiger partial charge in [0.1, 0.15) is 0 Å². The van der Waals surface area contributed by atoms with Gasteiger partial charge in [0.15, 0.2) is 0 Å². The Hall–Kier alpha value is -0.860. The van der Waals surface area contributed by atoms with E-state index in [9.17, 15) is 0 Å². The molecule has 2 nitrogen and oxygen atoms in total. The molecule has 0 spiro atoms. The van der Waals surface area contributed by atoms with Crippen LogP contribution in [-0.4, -0.2) is 30.1 Å². The number of hydrogen-bond acceptors (Lipinski definition) is 2. The average Bonchev–Trinajstić information content (AvgIpc) is 2.47. The molecule has 0 radical (unpaired) electrons.